The number of hydrogen-bond donors (Lipinski definition) is 1. The molecule has 5 aromatic rings. The van der Waals surface area contributed by atoms with Crippen molar-refractivity contribution in [2.24, 2.45) is 4.99 Å². The van der Waals surface area contributed by atoms with Gasteiger partial charge in [-0.3, -0.25) is 15.1 Å². The summed E-state index contributed by atoms with van der Waals surface area (Å²) in [6, 6.07) is 18.0. The summed E-state index contributed by atoms with van der Waals surface area (Å²) in [5.74, 6) is 1.10. The fraction of sp³-hybridized carbons (Fsp3) is 0.0400. The van der Waals surface area contributed by atoms with E-state index in [2.05, 4.69) is 9.98 Å². The van der Waals surface area contributed by atoms with Gasteiger partial charge in [-0.2, -0.15) is 0 Å². The van der Waals surface area contributed by atoms with Gasteiger partial charge in [-0.25, -0.2) is 4.98 Å². The van der Waals surface area contributed by atoms with Gasteiger partial charge in [-0.05, 0) is 61.0 Å². The molecule has 0 saturated heterocycles. The van der Waals surface area contributed by atoms with E-state index in [9.17, 15) is 15.2 Å². The van der Waals surface area contributed by atoms with E-state index < -0.39 is 4.92 Å². The summed E-state index contributed by atoms with van der Waals surface area (Å²) >= 11 is 6.19. The number of hydrogen-bond acceptors (Lipinski definition) is 7. The number of benzene rings is 3. The number of aryl methyl sites for hydroxylation is 1. The second-order valence-electron chi connectivity index (χ2n) is 7.57. The van der Waals surface area contributed by atoms with Crippen LogP contribution in [0.1, 0.15) is 11.3 Å². The number of phenolic OH excluding ortho intramolecular Hbond substituents is 1. The second kappa shape index (κ2) is 8.49. The number of non-ortho nitro benzene ring substituents is 1. The van der Waals surface area contributed by atoms with Crippen LogP contribution in [0.3, 0.4) is 0 Å². The third-order valence-corrected chi connectivity index (χ3v) is 5.48. The molecule has 2 heterocycles. The molecule has 0 aliphatic carbocycles. The Hall–Kier alpha value is -4.43. The van der Waals surface area contributed by atoms with E-state index in [0.717, 1.165) is 5.56 Å². The fourth-order valence-electron chi connectivity index (χ4n) is 3.45. The molecule has 3 aromatic carbocycles. The number of phenols is 1. The zero-order valence-electron chi connectivity index (χ0n) is 17.7. The van der Waals surface area contributed by atoms with Gasteiger partial charge >= 0.3 is 0 Å². The highest BCUT2D eigenvalue weighted by molar-refractivity contribution is 6.33. The largest absolute Gasteiger partial charge is 0.507 e. The standard InChI is InChI=1S/C25H16ClN3O5/c1-14-2-8-24-21(10-14)28-25(34-24)19-11-15(3-7-22(19)30)27-13-17-5-9-23(33-17)18-12-16(29(31)32)4-6-20(18)26/h2-13,30H,1H3. The van der Waals surface area contributed by atoms with Crippen LogP contribution < -0.4 is 0 Å². The predicted molar refractivity (Wildman–Crippen MR) is 129 cm³/mol. The van der Waals surface area contributed by atoms with Gasteiger partial charge in [0.15, 0.2) is 5.58 Å². The van der Waals surface area contributed by atoms with Crippen molar-refractivity contribution in [1.82, 2.24) is 4.98 Å². The molecule has 2 aromatic heterocycles. The Balaban J connectivity index is 1.43. The molecule has 0 radical (unpaired) electrons. The number of aliphatic imine (C=N–C) groups is 1. The summed E-state index contributed by atoms with van der Waals surface area (Å²) in [7, 11) is 0. The molecule has 34 heavy (non-hydrogen) atoms. The molecule has 0 spiro atoms. The first-order valence-electron chi connectivity index (χ1n) is 10.2. The van der Waals surface area contributed by atoms with Gasteiger partial charge in [0.2, 0.25) is 5.89 Å². The van der Waals surface area contributed by atoms with Crippen LogP contribution >= 0.6 is 11.6 Å². The van der Waals surface area contributed by atoms with E-state index in [-0.39, 0.29) is 17.3 Å². The van der Waals surface area contributed by atoms with Crippen molar-refractivity contribution in [2.75, 3.05) is 0 Å². The lowest BCUT2D eigenvalue weighted by molar-refractivity contribution is -0.384. The molecule has 0 bridgehead atoms. The quantitative estimate of drug-likeness (QED) is 0.165. The number of halogens is 1. The van der Waals surface area contributed by atoms with Crippen LogP contribution in [0.15, 0.2) is 80.6 Å². The van der Waals surface area contributed by atoms with E-state index in [1.165, 1.54) is 30.5 Å². The fourth-order valence-corrected chi connectivity index (χ4v) is 3.66. The monoisotopic (exact) mass is 473 g/mol. The minimum atomic E-state index is -0.494. The maximum atomic E-state index is 11.1. The number of nitrogens with zero attached hydrogens (tertiary/aromatic N) is 3. The third kappa shape index (κ3) is 4.14. The number of nitro groups is 1. The Morgan fingerprint density at radius 1 is 1.03 bits per heavy atom. The van der Waals surface area contributed by atoms with E-state index >= 15 is 0 Å². The van der Waals surface area contributed by atoms with Crippen molar-refractivity contribution >= 4 is 40.3 Å². The molecule has 168 valence electrons. The average molecular weight is 474 g/mol. The predicted octanol–water partition coefficient (Wildman–Crippen LogP) is 7.08. The second-order valence-corrected chi connectivity index (χ2v) is 7.98. The van der Waals surface area contributed by atoms with Crippen molar-refractivity contribution in [2.45, 2.75) is 6.92 Å². The summed E-state index contributed by atoms with van der Waals surface area (Å²) in [6.45, 7) is 1.97. The Kier molecular flexibility index (Phi) is 5.35. The summed E-state index contributed by atoms with van der Waals surface area (Å²) < 4.78 is 11.6. The first kappa shape index (κ1) is 21.4. The lowest BCUT2D eigenvalue weighted by atomic mass is 10.1. The molecule has 5 rings (SSSR count). The molecule has 0 aliphatic rings. The van der Waals surface area contributed by atoms with E-state index in [1.54, 1.807) is 24.3 Å². The summed E-state index contributed by atoms with van der Waals surface area (Å²) in [4.78, 5) is 19.4. The number of rotatable bonds is 5. The number of nitro benzene ring substituents is 1. The Bertz CT molecular complexity index is 1590. The highest BCUT2D eigenvalue weighted by Gasteiger charge is 2.15. The van der Waals surface area contributed by atoms with E-state index in [1.807, 2.05) is 25.1 Å². The molecule has 0 saturated carbocycles. The maximum absolute atomic E-state index is 11.1. The van der Waals surface area contributed by atoms with E-state index in [4.69, 9.17) is 20.4 Å². The Morgan fingerprint density at radius 3 is 2.71 bits per heavy atom. The van der Waals surface area contributed by atoms with Crippen LogP contribution in [0.25, 0.3) is 33.9 Å². The zero-order chi connectivity index (χ0) is 23.8. The number of oxazole rings is 1. The Labute approximate surface area is 197 Å². The number of aromatic nitrogens is 1. The average Bonchev–Trinajstić information content (AvgIpc) is 3.45. The molecule has 1 N–H and O–H groups in total. The molecular formula is C25H16ClN3O5. The molecule has 0 aliphatic heterocycles. The molecule has 0 amide bonds. The molecule has 0 fully saturated rings. The van der Waals surface area contributed by atoms with Crippen LogP contribution in [0.2, 0.25) is 5.02 Å². The lowest BCUT2D eigenvalue weighted by Gasteiger charge is -2.02. The van der Waals surface area contributed by atoms with Crippen molar-refractivity contribution < 1.29 is 18.9 Å². The first-order valence-corrected chi connectivity index (χ1v) is 10.5. The molecule has 9 heteroatoms. The van der Waals surface area contributed by atoms with Crippen molar-refractivity contribution in [3.8, 4) is 28.5 Å². The van der Waals surface area contributed by atoms with Crippen LogP contribution in [0, 0.1) is 17.0 Å². The van der Waals surface area contributed by atoms with Crippen LogP contribution in [-0.2, 0) is 0 Å². The minimum Gasteiger partial charge on any atom is -0.507 e. The van der Waals surface area contributed by atoms with Crippen LogP contribution in [0.5, 0.6) is 5.75 Å². The third-order valence-electron chi connectivity index (χ3n) is 5.15. The number of fused-ring (bicyclic) bond motifs is 1. The molecule has 0 atom stereocenters. The minimum absolute atomic E-state index is 0.0165. The van der Waals surface area contributed by atoms with Gasteiger partial charge in [-0.15, -0.1) is 0 Å². The number of aromatic hydroxyl groups is 1. The van der Waals surface area contributed by atoms with Gasteiger partial charge in [-0.1, -0.05) is 17.7 Å². The molecule has 0 unspecified atom stereocenters. The zero-order valence-corrected chi connectivity index (χ0v) is 18.5. The normalized spacial score (nSPS) is 11.5. The summed E-state index contributed by atoms with van der Waals surface area (Å²) in [5, 5.41) is 21.7. The molecule has 8 nitrogen and oxygen atoms in total. The van der Waals surface area contributed by atoms with E-state index in [0.29, 0.717) is 44.5 Å². The van der Waals surface area contributed by atoms with Gasteiger partial charge in [0.05, 0.1) is 27.4 Å². The topological polar surface area (TPSA) is 115 Å². The van der Waals surface area contributed by atoms with Gasteiger partial charge < -0.3 is 13.9 Å². The molecular weight excluding hydrogens is 458 g/mol. The summed E-state index contributed by atoms with van der Waals surface area (Å²) in [6.07, 6.45) is 1.50. The maximum Gasteiger partial charge on any atom is 0.270 e. The smallest absolute Gasteiger partial charge is 0.270 e. The number of furan rings is 1. The summed E-state index contributed by atoms with van der Waals surface area (Å²) in [5.41, 5.74) is 3.65. The highest BCUT2D eigenvalue weighted by atomic mass is 35.5. The van der Waals surface area contributed by atoms with Crippen molar-refractivity contribution in [3.05, 3.63) is 93.2 Å². The SMILES string of the molecule is Cc1ccc2oc(-c3cc(N=Cc4ccc(-c5cc([N+](=O)[O-])ccc5Cl)o4)ccc3O)nc2c1. The van der Waals surface area contributed by atoms with Gasteiger partial charge in [0.1, 0.15) is 22.8 Å². The van der Waals surface area contributed by atoms with Gasteiger partial charge in [0, 0.05) is 17.7 Å². The van der Waals surface area contributed by atoms with Crippen molar-refractivity contribution in [1.29, 1.82) is 0 Å². The Morgan fingerprint density at radius 2 is 1.88 bits per heavy atom. The van der Waals surface area contributed by atoms with Crippen LogP contribution in [0.4, 0.5) is 11.4 Å². The lowest BCUT2D eigenvalue weighted by Crippen LogP contribution is -1.88. The first-order chi connectivity index (χ1) is 16.4. The highest BCUT2D eigenvalue weighted by Crippen LogP contribution is 2.35. The van der Waals surface area contributed by atoms with Gasteiger partial charge in [0.25, 0.3) is 5.69 Å². The van der Waals surface area contributed by atoms with Crippen LogP contribution in [-0.4, -0.2) is 21.2 Å². The van der Waals surface area contributed by atoms with Crippen molar-refractivity contribution in [3.63, 3.8) is 0 Å².